The molecule has 2 bridgehead atoms. The van der Waals surface area contributed by atoms with Crippen molar-refractivity contribution in [3.8, 4) is 0 Å². The van der Waals surface area contributed by atoms with Gasteiger partial charge in [0.1, 0.15) is 11.5 Å². The van der Waals surface area contributed by atoms with Crippen LogP contribution in [0.2, 0.25) is 0 Å². The molecule has 2 heterocycles. The van der Waals surface area contributed by atoms with Crippen molar-refractivity contribution >= 4 is 42.1 Å². The van der Waals surface area contributed by atoms with E-state index < -0.39 is 7.25 Å². The van der Waals surface area contributed by atoms with Gasteiger partial charge in [0.2, 0.25) is 0 Å². The molecular formula is C17H15BF4S2. The molecule has 0 saturated carbocycles. The monoisotopic (exact) mass is 370 g/mol. The number of hydrogen-bond acceptors (Lipinski definition) is 1. The van der Waals surface area contributed by atoms with Crippen LogP contribution in [0.25, 0.3) is 12.2 Å². The van der Waals surface area contributed by atoms with E-state index in [4.69, 9.17) is 0 Å². The lowest BCUT2D eigenvalue weighted by Gasteiger charge is -2.17. The summed E-state index contributed by atoms with van der Waals surface area (Å²) in [5, 5.41) is 0. The Hall–Kier alpha value is -1.34. The summed E-state index contributed by atoms with van der Waals surface area (Å²) in [5.41, 5.74) is 5.81. The maximum absolute atomic E-state index is 9.75. The quantitative estimate of drug-likeness (QED) is 0.270. The summed E-state index contributed by atoms with van der Waals surface area (Å²) in [5.74, 6) is 2.43. The van der Waals surface area contributed by atoms with E-state index in [1.165, 1.54) is 43.6 Å². The Bertz CT molecular complexity index is 723. The summed E-state index contributed by atoms with van der Waals surface area (Å²) in [7, 11) is -5.57. The van der Waals surface area contributed by atoms with Crippen LogP contribution in [0.5, 0.6) is 0 Å². The second-order valence-corrected chi connectivity index (χ2v) is 8.83. The highest BCUT2D eigenvalue weighted by atomic mass is 32.2. The Labute approximate surface area is 145 Å². The fraction of sp³-hybridized carbons (Fsp3) is 0.176. The first-order valence-electron chi connectivity index (χ1n) is 7.37. The van der Waals surface area contributed by atoms with Crippen molar-refractivity contribution in [1.82, 2.24) is 0 Å². The second-order valence-electron chi connectivity index (χ2n) is 5.67. The van der Waals surface area contributed by atoms with Crippen LogP contribution < -0.4 is 0 Å². The number of hydrogen-bond donors (Lipinski definition) is 0. The van der Waals surface area contributed by atoms with Gasteiger partial charge >= 0.3 is 7.25 Å². The molecule has 0 fully saturated rings. The molecule has 0 radical (unpaired) electrons. The molecular weight excluding hydrogens is 355 g/mol. The molecule has 0 aromatic heterocycles. The fourth-order valence-corrected chi connectivity index (χ4v) is 5.89. The van der Waals surface area contributed by atoms with Crippen LogP contribution in [-0.4, -0.2) is 13.5 Å². The van der Waals surface area contributed by atoms with E-state index in [2.05, 4.69) is 54.8 Å². The lowest BCUT2D eigenvalue weighted by molar-refractivity contribution is 0.368. The number of benzene rings is 2. The van der Waals surface area contributed by atoms with Crippen LogP contribution in [0, 0.1) is 0 Å². The van der Waals surface area contributed by atoms with Crippen molar-refractivity contribution < 1.29 is 17.3 Å². The van der Waals surface area contributed by atoms with Crippen LogP contribution in [0.4, 0.5) is 17.3 Å². The minimum absolute atomic E-state index is 0.429. The van der Waals surface area contributed by atoms with Crippen LogP contribution in [0.3, 0.4) is 0 Å². The summed E-state index contributed by atoms with van der Waals surface area (Å²) in [6.07, 6.45) is 6.95. The molecule has 0 atom stereocenters. The van der Waals surface area contributed by atoms with Gasteiger partial charge in [-0.3, -0.25) is 0 Å². The zero-order valence-electron chi connectivity index (χ0n) is 12.9. The molecule has 4 rings (SSSR count). The predicted octanol–water partition coefficient (Wildman–Crippen LogP) is 5.88. The molecule has 0 aliphatic carbocycles. The van der Waals surface area contributed by atoms with E-state index in [9.17, 15) is 17.3 Å². The highest BCUT2D eigenvalue weighted by molar-refractivity contribution is 8.00. The summed E-state index contributed by atoms with van der Waals surface area (Å²) in [6, 6.07) is 13.5. The van der Waals surface area contributed by atoms with Gasteiger partial charge in [0, 0.05) is 20.9 Å². The first kappa shape index (κ1) is 17.5. The zero-order chi connectivity index (χ0) is 17.3. The number of halogens is 4. The molecule has 2 aliphatic rings. The van der Waals surface area contributed by atoms with Gasteiger partial charge in [0.25, 0.3) is 0 Å². The van der Waals surface area contributed by atoms with Gasteiger partial charge < -0.3 is 17.3 Å². The lowest BCUT2D eigenvalue weighted by Crippen LogP contribution is -2.10. The van der Waals surface area contributed by atoms with Gasteiger partial charge in [0.15, 0.2) is 0 Å². The predicted molar refractivity (Wildman–Crippen MR) is 96.8 cm³/mol. The molecule has 0 amide bonds. The smallest absolute Gasteiger partial charge is 0.418 e. The molecule has 126 valence electrons. The standard InChI is InChI=1S/C17H15S2.BF4/c1-19-10-14-6-2-4-12-8-9-13-5-3-7-15(11-19)17(13)18-16(12)14;2-1(3,4)5/h2-9H,10-11H2,1H3;/q+1;-1. The van der Waals surface area contributed by atoms with E-state index in [1.807, 2.05) is 11.8 Å². The Kier molecular flexibility index (Phi) is 5.01. The van der Waals surface area contributed by atoms with E-state index in [1.54, 1.807) is 0 Å². The van der Waals surface area contributed by atoms with Crippen molar-refractivity contribution in [2.24, 2.45) is 0 Å². The molecule has 0 spiro atoms. The van der Waals surface area contributed by atoms with E-state index >= 15 is 0 Å². The Morgan fingerprint density at radius 2 is 1.25 bits per heavy atom. The SMILES string of the molecule is C[S+]1Cc2cccc3c2Sc2c(cccc2C1)C=C3.F[B-](F)(F)F. The van der Waals surface area contributed by atoms with Gasteiger partial charge in [-0.2, -0.15) is 0 Å². The first-order valence-corrected chi connectivity index (χ1v) is 10.2. The van der Waals surface area contributed by atoms with Crippen molar-refractivity contribution in [1.29, 1.82) is 0 Å². The summed E-state index contributed by atoms with van der Waals surface area (Å²) in [6.45, 7) is 0. The highest BCUT2D eigenvalue weighted by Crippen LogP contribution is 2.43. The van der Waals surface area contributed by atoms with Gasteiger partial charge in [-0.1, -0.05) is 60.3 Å². The molecule has 2 aliphatic heterocycles. The van der Waals surface area contributed by atoms with Gasteiger partial charge in [0.05, 0.1) is 6.26 Å². The molecule has 0 saturated heterocycles. The van der Waals surface area contributed by atoms with Gasteiger partial charge in [-0.05, 0) is 22.0 Å². The highest BCUT2D eigenvalue weighted by Gasteiger charge is 2.25. The van der Waals surface area contributed by atoms with E-state index in [-0.39, 0.29) is 0 Å². The van der Waals surface area contributed by atoms with Gasteiger partial charge in [-0.15, -0.1) is 0 Å². The largest absolute Gasteiger partial charge is 0.673 e. The normalized spacial score (nSPS) is 15.7. The maximum atomic E-state index is 9.75. The van der Waals surface area contributed by atoms with Crippen LogP contribution in [0.1, 0.15) is 22.3 Å². The Morgan fingerprint density at radius 3 is 1.67 bits per heavy atom. The third kappa shape index (κ3) is 4.19. The summed E-state index contributed by atoms with van der Waals surface area (Å²) < 4.78 is 39.0. The Morgan fingerprint density at radius 1 is 0.833 bits per heavy atom. The van der Waals surface area contributed by atoms with Crippen molar-refractivity contribution in [2.75, 3.05) is 6.26 Å². The first-order chi connectivity index (χ1) is 11.3. The average Bonchev–Trinajstić information content (AvgIpc) is 2.65. The maximum Gasteiger partial charge on any atom is 0.673 e. The molecule has 2 aromatic rings. The van der Waals surface area contributed by atoms with Crippen LogP contribution >= 0.6 is 11.8 Å². The van der Waals surface area contributed by atoms with Gasteiger partial charge in [-0.25, -0.2) is 0 Å². The molecule has 0 unspecified atom stereocenters. The fourth-order valence-electron chi connectivity index (χ4n) is 2.81. The Balaban J connectivity index is 0.000000300. The van der Waals surface area contributed by atoms with Crippen LogP contribution in [-0.2, 0) is 22.4 Å². The van der Waals surface area contributed by atoms with Crippen molar-refractivity contribution in [3.05, 3.63) is 58.7 Å². The van der Waals surface area contributed by atoms with Crippen molar-refractivity contribution in [3.63, 3.8) is 0 Å². The van der Waals surface area contributed by atoms with E-state index in [0.717, 1.165) is 0 Å². The summed E-state index contributed by atoms with van der Waals surface area (Å²) in [4.78, 5) is 2.95. The second kappa shape index (κ2) is 6.88. The molecule has 2 aromatic carbocycles. The average molecular weight is 370 g/mol. The molecule has 7 heteroatoms. The molecule has 0 nitrogen and oxygen atoms in total. The molecule has 0 N–H and O–H groups in total. The van der Waals surface area contributed by atoms with Crippen LogP contribution in [0.15, 0.2) is 46.2 Å². The third-order valence-electron chi connectivity index (χ3n) is 3.70. The summed E-state index contributed by atoms with van der Waals surface area (Å²) >= 11 is 1.98. The third-order valence-corrected chi connectivity index (χ3v) is 6.72. The van der Waals surface area contributed by atoms with E-state index in [0.29, 0.717) is 10.9 Å². The number of rotatable bonds is 0. The zero-order valence-corrected chi connectivity index (χ0v) is 14.6. The minimum atomic E-state index is -6.00. The van der Waals surface area contributed by atoms with Crippen molar-refractivity contribution in [2.45, 2.75) is 21.3 Å². The molecule has 24 heavy (non-hydrogen) atoms. The lowest BCUT2D eigenvalue weighted by atomic mass is 10.1. The topological polar surface area (TPSA) is 0 Å². The minimum Gasteiger partial charge on any atom is -0.418 e.